The van der Waals surface area contributed by atoms with Crippen LogP contribution in [0, 0.1) is 0 Å². The molecule has 1 aliphatic heterocycles. The van der Waals surface area contributed by atoms with Crippen LogP contribution < -0.4 is 5.22 Å². The number of hydrogen-bond donors (Lipinski definition) is 0. The fourth-order valence-electron chi connectivity index (χ4n) is 0.339. The van der Waals surface area contributed by atoms with Crippen molar-refractivity contribution in [3.05, 3.63) is 12.3 Å². The Balaban J connectivity index is 2.68. The Morgan fingerprint density at radius 2 is 2.62 bits per heavy atom. The van der Waals surface area contributed by atoms with E-state index < -0.39 is 0 Å². The van der Waals surface area contributed by atoms with Crippen LogP contribution in [0.4, 0.5) is 0 Å². The quantitative estimate of drug-likeness (QED) is 0.442. The molecule has 0 N–H and O–H groups in total. The number of nitrogens with zero attached hydrogens (tertiary/aromatic N) is 3. The third-order valence-electron chi connectivity index (χ3n) is 0.688. The maximum Gasteiger partial charge on any atom is 0.364 e. The Kier molecular flexibility index (Phi) is 1.37. The van der Waals surface area contributed by atoms with Gasteiger partial charge in [-0.25, -0.2) is 0 Å². The molecule has 8 heavy (non-hydrogen) atoms. The van der Waals surface area contributed by atoms with Gasteiger partial charge in [0.05, 0.1) is 12.2 Å². The van der Waals surface area contributed by atoms with Crippen LogP contribution >= 0.6 is 0 Å². The predicted octanol–water partition coefficient (Wildman–Crippen LogP) is 0.262. The van der Waals surface area contributed by atoms with Crippen molar-refractivity contribution < 1.29 is 4.74 Å². The zero-order valence-electron chi connectivity index (χ0n) is 4.40. The average molecular weight is 111 g/mol. The summed E-state index contributed by atoms with van der Waals surface area (Å²) >= 11 is 0. The molecule has 1 heterocycles. The lowest BCUT2D eigenvalue weighted by Gasteiger charge is -1.87. The molecular formula is C4H5N3O+. The van der Waals surface area contributed by atoms with Crippen molar-refractivity contribution in [2.45, 2.75) is 0 Å². The molecule has 1 rings (SSSR count). The zero-order chi connectivity index (χ0) is 5.82. The van der Waals surface area contributed by atoms with Crippen molar-refractivity contribution in [1.82, 2.24) is 5.22 Å². The van der Waals surface area contributed by atoms with Gasteiger partial charge in [0.25, 0.3) is 5.90 Å². The molecule has 0 aromatic heterocycles. The number of methoxy groups -OCH3 is 1. The Bertz CT molecular complexity index is 159. The zero-order valence-corrected chi connectivity index (χ0v) is 4.40. The summed E-state index contributed by atoms with van der Waals surface area (Å²) in [5.74, 6) is 0.486. The minimum absolute atomic E-state index is 0.486. The van der Waals surface area contributed by atoms with Gasteiger partial charge < -0.3 is 4.74 Å². The van der Waals surface area contributed by atoms with E-state index >= 15 is 0 Å². The smallest absolute Gasteiger partial charge is 0.364 e. The molecule has 0 aromatic carbocycles. The van der Waals surface area contributed by atoms with Gasteiger partial charge in [0, 0.05) is 6.08 Å². The molecule has 0 spiro atoms. The van der Waals surface area contributed by atoms with E-state index in [9.17, 15) is 0 Å². The molecule has 0 saturated carbocycles. The van der Waals surface area contributed by atoms with E-state index in [1.54, 1.807) is 6.08 Å². The average Bonchev–Trinajstić information content (AvgIpc) is 1.90. The van der Waals surface area contributed by atoms with Crippen molar-refractivity contribution in [1.29, 1.82) is 0 Å². The van der Waals surface area contributed by atoms with E-state index in [1.165, 1.54) is 13.3 Å². The second-order valence-corrected chi connectivity index (χ2v) is 1.16. The monoisotopic (exact) mass is 111 g/mol. The van der Waals surface area contributed by atoms with Gasteiger partial charge in [0.2, 0.25) is 0 Å². The van der Waals surface area contributed by atoms with Crippen molar-refractivity contribution in [3.63, 3.8) is 0 Å². The number of ether oxygens (including phenoxy) is 1. The van der Waals surface area contributed by atoms with Crippen LogP contribution in [0.1, 0.15) is 0 Å². The SMILES string of the molecule is COC1=N[N+]=NC=C1. The normalized spacial score (nSPS) is 15.9. The van der Waals surface area contributed by atoms with Crippen molar-refractivity contribution >= 4 is 5.90 Å². The first kappa shape index (κ1) is 4.96. The molecule has 0 saturated heterocycles. The summed E-state index contributed by atoms with van der Waals surface area (Å²) < 4.78 is 4.70. The minimum atomic E-state index is 0.486. The van der Waals surface area contributed by atoms with Crippen LogP contribution in [0.15, 0.2) is 22.5 Å². The molecule has 4 nitrogen and oxygen atoms in total. The Hall–Kier alpha value is -1.19. The third kappa shape index (κ3) is 0.900. The second-order valence-electron chi connectivity index (χ2n) is 1.16. The summed E-state index contributed by atoms with van der Waals surface area (Å²) in [6.45, 7) is 0. The van der Waals surface area contributed by atoms with Crippen molar-refractivity contribution in [2.24, 2.45) is 10.2 Å². The fourth-order valence-corrected chi connectivity index (χ4v) is 0.339. The van der Waals surface area contributed by atoms with Gasteiger partial charge in [0.15, 0.2) is 0 Å². The first-order valence-corrected chi connectivity index (χ1v) is 2.12. The Labute approximate surface area is 46.6 Å². The first-order chi connectivity index (χ1) is 3.93. The molecule has 0 bridgehead atoms. The molecule has 1 aliphatic rings. The molecule has 0 aliphatic carbocycles. The molecule has 41 valence electrons. The largest absolute Gasteiger partial charge is 0.477 e. The lowest BCUT2D eigenvalue weighted by atomic mass is 10.6. The highest BCUT2D eigenvalue weighted by Gasteiger charge is 2.02. The molecule has 0 atom stereocenters. The van der Waals surface area contributed by atoms with Crippen LogP contribution in [0.5, 0.6) is 0 Å². The molecule has 0 fully saturated rings. The highest BCUT2D eigenvalue weighted by molar-refractivity contribution is 5.87. The van der Waals surface area contributed by atoms with Gasteiger partial charge >= 0.3 is 5.22 Å². The van der Waals surface area contributed by atoms with Crippen LogP contribution in [-0.2, 0) is 4.74 Å². The molecular weight excluding hydrogens is 106 g/mol. The lowest BCUT2D eigenvalue weighted by molar-refractivity contribution is 0.401. The van der Waals surface area contributed by atoms with E-state index in [0.717, 1.165) is 0 Å². The van der Waals surface area contributed by atoms with E-state index in [4.69, 9.17) is 4.74 Å². The standard InChI is InChI=1S/C4H5N3O/c1-8-4-2-3-5-7-6-4/h2-3H,1H3/q+1. The summed E-state index contributed by atoms with van der Waals surface area (Å²) in [5.41, 5.74) is 0. The topological polar surface area (TPSA) is 48.0 Å². The Morgan fingerprint density at radius 3 is 3.00 bits per heavy atom. The fraction of sp³-hybridized carbons (Fsp3) is 0.250. The first-order valence-electron chi connectivity index (χ1n) is 2.12. The highest BCUT2D eigenvalue weighted by atomic mass is 16.5. The van der Waals surface area contributed by atoms with Gasteiger partial charge in [-0.3, -0.25) is 0 Å². The second kappa shape index (κ2) is 2.20. The lowest BCUT2D eigenvalue weighted by Crippen LogP contribution is -1.99. The summed E-state index contributed by atoms with van der Waals surface area (Å²) in [5, 5.41) is 10.3. The predicted molar refractivity (Wildman–Crippen MR) is 28.1 cm³/mol. The minimum Gasteiger partial charge on any atom is -0.477 e. The van der Waals surface area contributed by atoms with E-state index in [2.05, 4.69) is 15.4 Å². The van der Waals surface area contributed by atoms with Gasteiger partial charge in [-0.05, 0) is 0 Å². The maximum atomic E-state index is 4.70. The molecule has 4 heteroatoms. The molecule has 1 radical (unpaired) electrons. The number of hydrogen-bond acceptors (Lipinski definition) is 4. The van der Waals surface area contributed by atoms with Gasteiger partial charge in [-0.2, -0.15) is 0 Å². The van der Waals surface area contributed by atoms with Crippen LogP contribution in [0.3, 0.4) is 0 Å². The maximum absolute atomic E-state index is 4.70. The van der Waals surface area contributed by atoms with Gasteiger partial charge in [-0.15, -0.1) is 0 Å². The summed E-state index contributed by atoms with van der Waals surface area (Å²) in [4.78, 5) is 0. The van der Waals surface area contributed by atoms with E-state index in [1.807, 2.05) is 0 Å². The van der Waals surface area contributed by atoms with Crippen LogP contribution in [0.25, 0.3) is 0 Å². The van der Waals surface area contributed by atoms with Gasteiger partial charge in [-0.1, -0.05) is 0 Å². The molecule has 0 unspecified atom stereocenters. The van der Waals surface area contributed by atoms with Crippen molar-refractivity contribution in [3.8, 4) is 0 Å². The van der Waals surface area contributed by atoms with Gasteiger partial charge in [0.1, 0.15) is 11.3 Å². The third-order valence-corrected chi connectivity index (χ3v) is 0.688. The van der Waals surface area contributed by atoms with E-state index in [-0.39, 0.29) is 0 Å². The van der Waals surface area contributed by atoms with Crippen LogP contribution in [0.2, 0.25) is 0 Å². The van der Waals surface area contributed by atoms with Crippen LogP contribution in [-0.4, -0.2) is 13.0 Å². The molecule has 0 amide bonds. The van der Waals surface area contributed by atoms with Crippen molar-refractivity contribution in [2.75, 3.05) is 7.11 Å². The number of rotatable bonds is 0. The summed E-state index contributed by atoms with van der Waals surface area (Å²) in [6.07, 6.45) is 3.15. The Morgan fingerprint density at radius 1 is 1.75 bits per heavy atom. The summed E-state index contributed by atoms with van der Waals surface area (Å²) in [7, 11) is 1.53. The summed E-state index contributed by atoms with van der Waals surface area (Å²) in [6, 6.07) is 0. The molecule has 0 aromatic rings. The highest BCUT2D eigenvalue weighted by Crippen LogP contribution is 1.86. The van der Waals surface area contributed by atoms with E-state index in [0.29, 0.717) is 5.90 Å².